The number of halogens is 1. The highest BCUT2D eigenvalue weighted by atomic mass is 127. The van der Waals surface area contributed by atoms with Crippen molar-refractivity contribution in [2.24, 2.45) is 0 Å². The first-order valence-corrected chi connectivity index (χ1v) is 5.36. The number of H-pyrrole nitrogens is 1. The van der Waals surface area contributed by atoms with Crippen LogP contribution >= 0.6 is 22.6 Å². The Hall–Kier alpha value is -1.04. The Balaban J connectivity index is 2.34. The molecule has 0 bridgehead atoms. The Kier molecular flexibility index (Phi) is 2.72. The van der Waals surface area contributed by atoms with Gasteiger partial charge in [0.05, 0.1) is 5.69 Å². The lowest BCUT2D eigenvalue weighted by Gasteiger charge is -1.96. The van der Waals surface area contributed by atoms with Gasteiger partial charge in [0, 0.05) is 16.7 Å². The van der Waals surface area contributed by atoms with Crippen LogP contribution in [0.25, 0.3) is 11.3 Å². The quantitative estimate of drug-likeness (QED) is 0.837. The molecule has 0 unspecified atom stereocenters. The summed E-state index contributed by atoms with van der Waals surface area (Å²) in [4.78, 5) is 0. The molecule has 0 aliphatic rings. The molecule has 0 aliphatic carbocycles. The number of aromatic amines is 1. The monoisotopic (exact) mass is 299 g/mol. The van der Waals surface area contributed by atoms with Gasteiger partial charge >= 0.3 is 0 Å². The van der Waals surface area contributed by atoms with Crippen molar-refractivity contribution < 1.29 is 0 Å². The van der Waals surface area contributed by atoms with Gasteiger partial charge in [0.25, 0.3) is 0 Å². The van der Waals surface area contributed by atoms with Crippen molar-refractivity contribution in [1.29, 1.82) is 0 Å². The molecule has 0 spiro atoms. The lowest BCUT2D eigenvalue weighted by molar-refractivity contribution is 1.09. The molecule has 1 heterocycles. The smallest absolute Gasteiger partial charge is 0.148 e. The molecule has 3 nitrogen and oxygen atoms in total. The van der Waals surface area contributed by atoms with E-state index in [-0.39, 0.29) is 0 Å². The Morgan fingerprint density at radius 3 is 2.57 bits per heavy atom. The summed E-state index contributed by atoms with van der Waals surface area (Å²) in [6, 6.07) is 10.3. The molecule has 1 aromatic heterocycles. The molecule has 2 aromatic rings. The average molecular weight is 299 g/mol. The molecule has 4 heteroatoms. The van der Waals surface area contributed by atoms with Crippen LogP contribution in [0.1, 0.15) is 0 Å². The summed E-state index contributed by atoms with van der Waals surface area (Å²) in [5, 5.41) is 10.1. The van der Waals surface area contributed by atoms with E-state index in [9.17, 15) is 0 Å². The maximum absolute atomic E-state index is 4.10. The minimum Gasteiger partial charge on any atom is -0.372 e. The van der Waals surface area contributed by atoms with E-state index < -0.39 is 0 Å². The molecule has 0 radical (unpaired) electrons. The van der Waals surface area contributed by atoms with Crippen LogP contribution in [0.2, 0.25) is 0 Å². The van der Waals surface area contributed by atoms with E-state index >= 15 is 0 Å². The van der Waals surface area contributed by atoms with E-state index in [4.69, 9.17) is 0 Å². The molecule has 0 amide bonds. The fourth-order valence-corrected chi connectivity index (χ4v) is 1.59. The summed E-state index contributed by atoms with van der Waals surface area (Å²) in [5.41, 5.74) is 2.19. The predicted molar refractivity (Wildman–Crippen MR) is 66.3 cm³/mol. The maximum atomic E-state index is 4.10. The standard InChI is InChI=1S/C10H10IN3/c1-12-10-6-9(13-14-10)7-2-4-8(11)5-3-7/h2-6H,1H3,(H2,12,13,14). The van der Waals surface area contributed by atoms with Crippen molar-refractivity contribution in [1.82, 2.24) is 10.2 Å². The van der Waals surface area contributed by atoms with Gasteiger partial charge in [0.1, 0.15) is 5.82 Å². The molecule has 72 valence electrons. The van der Waals surface area contributed by atoms with E-state index in [1.165, 1.54) is 3.57 Å². The fraction of sp³-hybridized carbons (Fsp3) is 0.100. The highest BCUT2D eigenvalue weighted by Gasteiger charge is 2.01. The normalized spacial score (nSPS) is 10.1. The molecule has 14 heavy (non-hydrogen) atoms. The zero-order valence-electron chi connectivity index (χ0n) is 7.71. The van der Waals surface area contributed by atoms with Crippen molar-refractivity contribution in [2.45, 2.75) is 0 Å². The van der Waals surface area contributed by atoms with Crippen LogP contribution in [0.5, 0.6) is 0 Å². The highest BCUT2D eigenvalue weighted by molar-refractivity contribution is 14.1. The van der Waals surface area contributed by atoms with Crippen LogP contribution in [-0.2, 0) is 0 Å². The molecule has 1 aromatic carbocycles. The van der Waals surface area contributed by atoms with Gasteiger partial charge in [-0.25, -0.2) is 0 Å². The van der Waals surface area contributed by atoms with E-state index in [1.54, 1.807) is 0 Å². The van der Waals surface area contributed by atoms with Crippen molar-refractivity contribution in [3.63, 3.8) is 0 Å². The molecule has 2 N–H and O–H groups in total. The van der Waals surface area contributed by atoms with E-state index in [1.807, 2.05) is 13.1 Å². The number of nitrogens with zero attached hydrogens (tertiary/aromatic N) is 1. The van der Waals surface area contributed by atoms with Crippen LogP contribution in [0.15, 0.2) is 30.3 Å². The third kappa shape index (κ3) is 1.89. The van der Waals surface area contributed by atoms with Crippen molar-refractivity contribution in [3.8, 4) is 11.3 Å². The molecule has 0 aliphatic heterocycles. The molecular formula is C10H10IN3. The van der Waals surface area contributed by atoms with Gasteiger partial charge in [-0.3, -0.25) is 5.10 Å². The number of hydrogen-bond acceptors (Lipinski definition) is 2. The SMILES string of the molecule is CNc1cc(-c2ccc(I)cc2)[nH]n1. The molecule has 2 rings (SSSR count). The van der Waals surface area contributed by atoms with Gasteiger partial charge in [-0.15, -0.1) is 0 Å². The average Bonchev–Trinajstić information content (AvgIpc) is 2.67. The molecule has 0 fully saturated rings. The third-order valence-corrected chi connectivity index (χ3v) is 2.71. The third-order valence-electron chi connectivity index (χ3n) is 1.99. The van der Waals surface area contributed by atoms with Crippen molar-refractivity contribution in [2.75, 3.05) is 12.4 Å². The summed E-state index contributed by atoms with van der Waals surface area (Å²) < 4.78 is 1.24. The van der Waals surface area contributed by atoms with Crippen LogP contribution in [0.3, 0.4) is 0 Å². The first-order chi connectivity index (χ1) is 6.79. The summed E-state index contributed by atoms with van der Waals surface area (Å²) >= 11 is 2.29. The van der Waals surface area contributed by atoms with Crippen LogP contribution in [0.4, 0.5) is 5.82 Å². The number of anilines is 1. The van der Waals surface area contributed by atoms with E-state index in [0.717, 1.165) is 17.1 Å². The van der Waals surface area contributed by atoms with Crippen molar-refractivity contribution >= 4 is 28.4 Å². The zero-order chi connectivity index (χ0) is 9.97. The zero-order valence-corrected chi connectivity index (χ0v) is 9.87. The summed E-state index contributed by atoms with van der Waals surface area (Å²) in [5.74, 6) is 0.860. The highest BCUT2D eigenvalue weighted by Crippen LogP contribution is 2.20. The second-order valence-electron chi connectivity index (χ2n) is 2.92. The lowest BCUT2D eigenvalue weighted by atomic mass is 10.2. The molecule has 0 saturated carbocycles. The van der Waals surface area contributed by atoms with E-state index in [0.29, 0.717) is 0 Å². The number of hydrogen-bond donors (Lipinski definition) is 2. The van der Waals surface area contributed by atoms with Crippen LogP contribution in [0, 0.1) is 3.57 Å². The van der Waals surface area contributed by atoms with Gasteiger partial charge in [0.2, 0.25) is 0 Å². The minimum atomic E-state index is 0.860. The Labute approximate surface area is 96.1 Å². The van der Waals surface area contributed by atoms with Crippen LogP contribution < -0.4 is 5.32 Å². The Morgan fingerprint density at radius 1 is 1.29 bits per heavy atom. The summed E-state index contributed by atoms with van der Waals surface area (Å²) in [7, 11) is 1.86. The largest absolute Gasteiger partial charge is 0.372 e. The second kappa shape index (κ2) is 4.00. The van der Waals surface area contributed by atoms with Gasteiger partial charge in [0.15, 0.2) is 0 Å². The number of benzene rings is 1. The van der Waals surface area contributed by atoms with E-state index in [2.05, 4.69) is 62.4 Å². The molecular weight excluding hydrogens is 289 g/mol. The molecule has 0 saturated heterocycles. The van der Waals surface area contributed by atoms with Gasteiger partial charge in [-0.05, 0) is 40.3 Å². The summed E-state index contributed by atoms with van der Waals surface area (Å²) in [6.45, 7) is 0. The van der Waals surface area contributed by atoms with Crippen LogP contribution in [-0.4, -0.2) is 17.2 Å². The van der Waals surface area contributed by atoms with Crippen molar-refractivity contribution in [3.05, 3.63) is 33.9 Å². The van der Waals surface area contributed by atoms with Gasteiger partial charge in [-0.1, -0.05) is 12.1 Å². The Bertz CT molecular complexity index is 419. The Morgan fingerprint density at radius 2 is 2.00 bits per heavy atom. The number of rotatable bonds is 2. The predicted octanol–water partition coefficient (Wildman–Crippen LogP) is 2.72. The van der Waals surface area contributed by atoms with Gasteiger partial charge < -0.3 is 5.32 Å². The lowest BCUT2D eigenvalue weighted by Crippen LogP contribution is -1.85. The second-order valence-corrected chi connectivity index (χ2v) is 4.17. The molecule has 0 atom stereocenters. The number of aromatic nitrogens is 2. The first kappa shape index (κ1) is 9.51. The first-order valence-electron chi connectivity index (χ1n) is 4.28. The summed E-state index contributed by atoms with van der Waals surface area (Å²) in [6.07, 6.45) is 0. The minimum absolute atomic E-state index is 0.860. The van der Waals surface area contributed by atoms with Gasteiger partial charge in [-0.2, -0.15) is 5.10 Å². The fourth-order valence-electron chi connectivity index (χ4n) is 1.23. The topological polar surface area (TPSA) is 40.7 Å². The maximum Gasteiger partial charge on any atom is 0.148 e. The number of nitrogens with one attached hydrogen (secondary N) is 2.